The minimum Gasteiger partial charge on any atom is -0.507 e. The first-order valence-corrected chi connectivity index (χ1v) is 6.59. The van der Waals surface area contributed by atoms with E-state index in [0.717, 1.165) is 4.47 Å². The number of hydrogen-bond acceptors (Lipinski definition) is 3. The summed E-state index contributed by atoms with van der Waals surface area (Å²) in [6.07, 6.45) is 0.391. The highest BCUT2D eigenvalue weighted by molar-refractivity contribution is 9.10. The average Bonchev–Trinajstić information content (AvgIpc) is 2.35. The predicted octanol–water partition coefficient (Wildman–Crippen LogP) is 2.21. The van der Waals surface area contributed by atoms with Crippen molar-refractivity contribution in [2.75, 3.05) is 13.1 Å². The molecule has 1 atom stereocenters. The molecule has 1 aromatic carbocycles. The number of rotatable bonds is 1. The number of piperidine rings is 1. The van der Waals surface area contributed by atoms with Crippen LogP contribution >= 0.6 is 15.9 Å². The van der Waals surface area contributed by atoms with Crippen LogP contribution in [0.15, 0.2) is 22.7 Å². The number of phenolic OH excluding ortho intramolecular Hbond substituents is 1. The van der Waals surface area contributed by atoms with Gasteiger partial charge in [-0.3, -0.25) is 9.59 Å². The zero-order chi connectivity index (χ0) is 13.3. The fraction of sp³-hybridized carbons (Fsp3) is 0.385. The molecule has 1 aliphatic heterocycles. The smallest absolute Gasteiger partial charge is 0.257 e. The number of amides is 1. The van der Waals surface area contributed by atoms with Crippen LogP contribution in [-0.4, -0.2) is 34.8 Å². The lowest BCUT2D eigenvalue weighted by molar-refractivity contribution is -0.124. The van der Waals surface area contributed by atoms with Gasteiger partial charge in [0, 0.05) is 29.9 Å². The fourth-order valence-electron chi connectivity index (χ4n) is 2.05. The van der Waals surface area contributed by atoms with Crippen molar-refractivity contribution in [1.82, 2.24) is 4.90 Å². The minimum atomic E-state index is -0.229. The topological polar surface area (TPSA) is 57.6 Å². The third-order valence-electron chi connectivity index (χ3n) is 3.15. The Morgan fingerprint density at radius 2 is 2.22 bits per heavy atom. The molecule has 0 bridgehead atoms. The molecule has 1 N–H and O–H groups in total. The fourth-order valence-corrected chi connectivity index (χ4v) is 2.41. The Labute approximate surface area is 114 Å². The van der Waals surface area contributed by atoms with Crippen LogP contribution in [0.5, 0.6) is 5.75 Å². The van der Waals surface area contributed by atoms with Crippen molar-refractivity contribution in [1.29, 1.82) is 0 Å². The molecule has 1 aliphatic rings. The van der Waals surface area contributed by atoms with E-state index in [0.29, 0.717) is 19.5 Å². The molecule has 18 heavy (non-hydrogen) atoms. The zero-order valence-corrected chi connectivity index (χ0v) is 11.6. The number of carbonyl (C=O) groups is 2. The van der Waals surface area contributed by atoms with E-state index < -0.39 is 0 Å². The quantitative estimate of drug-likeness (QED) is 0.865. The van der Waals surface area contributed by atoms with E-state index in [1.54, 1.807) is 17.0 Å². The molecular weight excluding hydrogens is 298 g/mol. The largest absolute Gasteiger partial charge is 0.507 e. The highest BCUT2D eigenvalue weighted by atomic mass is 79.9. The second-order valence-electron chi connectivity index (χ2n) is 4.53. The van der Waals surface area contributed by atoms with Crippen molar-refractivity contribution in [3.05, 3.63) is 28.2 Å². The third-order valence-corrected chi connectivity index (χ3v) is 3.64. The Kier molecular flexibility index (Phi) is 3.71. The molecule has 0 aliphatic carbocycles. The van der Waals surface area contributed by atoms with Crippen LogP contribution in [0.25, 0.3) is 0 Å². The van der Waals surface area contributed by atoms with E-state index in [1.807, 2.05) is 6.92 Å². The molecule has 96 valence electrons. The highest BCUT2D eigenvalue weighted by Gasteiger charge is 2.28. The predicted molar refractivity (Wildman–Crippen MR) is 70.5 cm³/mol. The Balaban J connectivity index is 2.21. The first-order chi connectivity index (χ1) is 8.49. The summed E-state index contributed by atoms with van der Waals surface area (Å²) < 4.78 is 0.741. The number of carbonyl (C=O) groups excluding carboxylic acids is 2. The molecule has 1 amide bonds. The van der Waals surface area contributed by atoms with Gasteiger partial charge in [-0.25, -0.2) is 0 Å². The van der Waals surface area contributed by atoms with E-state index in [4.69, 9.17) is 0 Å². The van der Waals surface area contributed by atoms with Gasteiger partial charge in [0.2, 0.25) is 0 Å². The monoisotopic (exact) mass is 311 g/mol. The number of hydrogen-bond donors (Lipinski definition) is 1. The summed E-state index contributed by atoms with van der Waals surface area (Å²) in [5.74, 6) is -0.199. The van der Waals surface area contributed by atoms with Gasteiger partial charge in [0.05, 0.1) is 5.56 Å². The van der Waals surface area contributed by atoms with Crippen LogP contribution in [0.3, 0.4) is 0 Å². The second-order valence-corrected chi connectivity index (χ2v) is 5.45. The summed E-state index contributed by atoms with van der Waals surface area (Å²) in [5.41, 5.74) is 0.269. The van der Waals surface area contributed by atoms with Gasteiger partial charge in [0.15, 0.2) is 0 Å². The van der Waals surface area contributed by atoms with Gasteiger partial charge in [-0.2, -0.15) is 0 Å². The van der Waals surface area contributed by atoms with Crippen LogP contribution in [0, 0.1) is 5.92 Å². The third kappa shape index (κ3) is 2.56. The summed E-state index contributed by atoms with van der Waals surface area (Å²) >= 11 is 3.27. The maximum atomic E-state index is 12.3. The van der Waals surface area contributed by atoms with Crippen molar-refractivity contribution in [3.8, 4) is 5.75 Å². The van der Waals surface area contributed by atoms with Gasteiger partial charge in [-0.05, 0) is 18.2 Å². The number of Topliss-reactive ketones (excluding diaryl/α,β-unsaturated/α-hetero) is 1. The Morgan fingerprint density at radius 3 is 2.89 bits per heavy atom. The van der Waals surface area contributed by atoms with E-state index in [9.17, 15) is 14.7 Å². The molecule has 0 spiro atoms. The van der Waals surface area contributed by atoms with Crippen LogP contribution < -0.4 is 0 Å². The number of aromatic hydroxyl groups is 1. The Morgan fingerprint density at radius 1 is 1.50 bits per heavy atom. The van der Waals surface area contributed by atoms with Crippen molar-refractivity contribution < 1.29 is 14.7 Å². The maximum Gasteiger partial charge on any atom is 0.257 e. The van der Waals surface area contributed by atoms with E-state index >= 15 is 0 Å². The molecule has 2 rings (SSSR count). The number of halogens is 1. The van der Waals surface area contributed by atoms with Crippen LogP contribution in [-0.2, 0) is 4.79 Å². The van der Waals surface area contributed by atoms with E-state index in [2.05, 4.69) is 15.9 Å². The normalized spacial score (nSPS) is 20.0. The van der Waals surface area contributed by atoms with Crippen LogP contribution in [0.2, 0.25) is 0 Å². The average molecular weight is 312 g/mol. The number of benzene rings is 1. The highest BCUT2D eigenvalue weighted by Crippen LogP contribution is 2.25. The standard InChI is InChI=1S/C13H14BrNO3/c1-8-7-15(5-4-11(8)16)13(18)10-6-9(14)2-3-12(10)17/h2-3,6,8,17H,4-5,7H2,1H3. The summed E-state index contributed by atoms with van der Waals surface area (Å²) in [4.78, 5) is 25.3. The molecule has 0 radical (unpaired) electrons. The molecule has 1 saturated heterocycles. The zero-order valence-electron chi connectivity index (χ0n) is 10.0. The molecular formula is C13H14BrNO3. The summed E-state index contributed by atoms with van der Waals surface area (Å²) in [6.45, 7) is 2.67. The van der Waals surface area contributed by atoms with Crippen LogP contribution in [0.4, 0.5) is 0 Å². The first kappa shape index (κ1) is 13.1. The second kappa shape index (κ2) is 5.10. The number of nitrogens with zero attached hydrogens (tertiary/aromatic N) is 1. The van der Waals surface area contributed by atoms with Gasteiger partial charge in [0.25, 0.3) is 5.91 Å². The number of ketones is 1. The lowest BCUT2D eigenvalue weighted by Gasteiger charge is -2.30. The van der Waals surface area contributed by atoms with Crippen molar-refractivity contribution in [3.63, 3.8) is 0 Å². The first-order valence-electron chi connectivity index (χ1n) is 5.79. The van der Waals surface area contributed by atoms with Crippen molar-refractivity contribution in [2.45, 2.75) is 13.3 Å². The van der Waals surface area contributed by atoms with Gasteiger partial charge < -0.3 is 10.0 Å². The van der Waals surface area contributed by atoms with Gasteiger partial charge in [-0.15, -0.1) is 0 Å². The summed E-state index contributed by atoms with van der Waals surface area (Å²) in [7, 11) is 0. The minimum absolute atomic E-state index is 0.0345. The molecule has 1 fully saturated rings. The van der Waals surface area contributed by atoms with Gasteiger partial charge in [-0.1, -0.05) is 22.9 Å². The SMILES string of the molecule is CC1CN(C(=O)c2cc(Br)ccc2O)CCC1=O. The molecule has 4 nitrogen and oxygen atoms in total. The number of likely N-dealkylation sites (tertiary alicyclic amines) is 1. The lowest BCUT2D eigenvalue weighted by Crippen LogP contribution is -2.43. The lowest BCUT2D eigenvalue weighted by atomic mass is 9.98. The van der Waals surface area contributed by atoms with E-state index in [1.165, 1.54) is 6.07 Å². The van der Waals surface area contributed by atoms with Crippen molar-refractivity contribution >= 4 is 27.6 Å². The molecule has 1 heterocycles. The molecule has 0 saturated carbocycles. The Bertz CT molecular complexity index is 501. The summed E-state index contributed by atoms with van der Waals surface area (Å²) in [6, 6.07) is 4.75. The molecule has 1 unspecified atom stereocenters. The maximum absolute atomic E-state index is 12.3. The van der Waals surface area contributed by atoms with E-state index in [-0.39, 0.29) is 28.9 Å². The molecule has 5 heteroatoms. The van der Waals surface area contributed by atoms with Gasteiger partial charge in [0.1, 0.15) is 11.5 Å². The Hall–Kier alpha value is -1.36. The number of phenols is 1. The molecule has 1 aromatic rings. The summed E-state index contributed by atoms with van der Waals surface area (Å²) in [5, 5.41) is 9.72. The molecule has 0 aromatic heterocycles. The van der Waals surface area contributed by atoms with Crippen molar-refractivity contribution in [2.24, 2.45) is 5.92 Å². The van der Waals surface area contributed by atoms with Gasteiger partial charge >= 0.3 is 0 Å². The van der Waals surface area contributed by atoms with Crippen LogP contribution in [0.1, 0.15) is 23.7 Å².